The first-order valence-corrected chi connectivity index (χ1v) is 5.57. The van der Waals surface area contributed by atoms with Crippen LogP contribution in [0.3, 0.4) is 0 Å². The quantitative estimate of drug-likeness (QED) is 0.592. The van der Waals surface area contributed by atoms with Gasteiger partial charge < -0.3 is 10.1 Å². The summed E-state index contributed by atoms with van der Waals surface area (Å²) in [5.74, 6) is 1.81. The Balaban J connectivity index is 2.15. The van der Waals surface area contributed by atoms with E-state index in [2.05, 4.69) is 9.38 Å². The smallest absolute Gasteiger partial charge is 0.124 e. The molecule has 82 valence electrons. The van der Waals surface area contributed by atoms with E-state index in [0.29, 0.717) is 5.92 Å². The zero-order chi connectivity index (χ0) is 11.1. The summed E-state index contributed by atoms with van der Waals surface area (Å²) in [5, 5.41) is 7.44. The highest BCUT2D eigenvalue weighted by Crippen LogP contribution is 2.35. The zero-order valence-corrected chi connectivity index (χ0v) is 8.98. The molecule has 1 aliphatic rings. The molecule has 16 heavy (non-hydrogen) atoms. The monoisotopic (exact) mass is 214 g/mol. The zero-order valence-electron chi connectivity index (χ0n) is 8.98. The Labute approximate surface area is 93.6 Å². The molecule has 0 bridgehead atoms. The molecule has 4 heteroatoms. The number of nitrogen functional groups attached to an aromatic ring is 1. The first-order chi connectivity index (χ1) is 7.75. The maximum Gasteiger partial charge on any atom is 0.124 e. The van der Waals surface area contributed by atoms with Crippen molar-refractivity contribution in [1.29, 1.82) is 5.41 Å². The van der Waals surface area contributed by atoms with Crippen LogP contribution in [-0.4, -0.2) is 15.2 Å². The molecule has 0 radical (unpaired) electrons. The van der Waals surface area contributed by atoms with Crippen LogP contribution in [-0.2, 0) is 0 Å². The van der Waals surface area contributed by atoms with Crippen LogP contribution in [0, 0.1) is 5.41 Å². The first-order valence-electron chi connectivity index (χ1n) is 5.57. The fraction of sp³-hybridized carbons (Fsp3) is 0.333. The molecule has 0 aliphatic heterocycles. The number of nitrogens with one attached hydrogen (secondary N) is 1. The Hall–Kier alpha value is -1.84. The Bertz CT molecular complexity index is 551. The second kappa shape index (κ2) is 3.33. The van der Waals surface area contributed by atoms with Gasteiger partial charge in [-0.25, -0.2) is 4.98 Å². The number of nitrogens with two attached hydrogens (primary N) is 1. The number of hydrogen-bond acceptors (Lipinski definition) is 2. The summed E-state index contributed by atoms with van der Waals surface area (Å²) in [7, 11) is 0. The molecule has 0 aromatic carbocycles. The minimum Gasteiger partial charge on any atom is -0.384 e. The number of aromatic nitrogens is 2. The van der Waals surface area contributed by atoms with E-state index in [9.17, 15) is 0 Å². The van der Waals surface area contributed by atoms with Crippen molar-refractivity contribution in [3.63, 3.8) is 0 Å². The lowest BCUT2D eigenvalue weighted by molar-refractivity contribution is 0.400. The standard InChI is InChI=1S/C12H14N4/c13-11(14)9-4-5-10-6-15-12(16(10)7-9)8-2-1-3-8/h4-8H,1-3H2,(H3,13,14). The van der Waals surface area contributed by atoms with E-state index in [1.807, 2.05) is 24.5 Å². The van der Waals surface area contributed by atoms with E-state index in [1.54, 1.807) is 0 Å². The van der Waals surface area contributed by atoms with Crippen LogP contribution < -0.4 is 5.73 Å². The van der Waals surface area contributed by atoms with E-state index < -0.39 is 0 Å². The second-order valence-electron chi connectivity index (χ2n) is 4.37. The molecule has 0 amide bonds. The molecule has 1 fully saturated rings. The van der Waals surface area contributed by atoms with Crippen molar-refractivity contribution in [2.45, 2.75) is 25.2 Å². The molecule has 2 aromatic rings. The number of amidine groups is 1. The average Bonchev–Trinajstić information content (AvgIpc) is 2.59. The predicted molar refractivity (Wildman–Crippen MR) is 62.8 cm³/mol. The average molecular weight is 214 g/mol. The topological polar surface area (TPSA) is 67.2 Å². The van der Waals surface area contributed by atoms with Gasteiger partial charge in [0.15, 0.2) is 0 Å². The molecule has 2 heterocycles. The number of pyridine rings is 1. The minimum absolute atomic E-state index is 0.107. The normalized spacial score (nSPS) is 16.2. The molecule has 0 saturated heterocycles. The predicted octanol–water partition coefficient (Wildman–Crippen LogP) is 1.89. The molecule has 4 nitrogen and oxygen atoms in total. The van der Waals surface area contributed by atoms with Crippen molar-refractivity contribution in [2.75, 3.05) is 0 Å². The number of nitrogens with zero attached hydrogens (tertiary/aromatic N) is 2. The van der Waals surface area contributed by atoms with Crippen molar-refractivity contribution < 1.29 is 0 Å². The molecule has 1 aliphatic carbocycles. The molecule has 2 aromatic heterocycles. The minimum atomic E-state index is 0.107. The third-order valence-corrected chi connectivity index (χ3v) is 3.34. The second-order valence-corrected chi connectivity index (χ2v) is 4.37. The number of imidazole rings is 1. The Kier molecular flexibility index (Phi) is 1.96. The van der Waals surface area contributed by atoms with Crippen LogP contribution in [0.2, 0.25) is 0 Å². The largest absolute Gasteiger partial charge is 0.384 e. The van der Waals surface area contributed by atoms with Crippen molar-refractivity contribution >= 4 is 11.4 Å². The third-order valence-electron chi connectivity index (χ3n) is 3.34. The van der Waals surface area contributed by atoms with Gasteiger partial charge in [0.05, 0.1) is 11.7 Å². The number of rotatable bonds is 2. The van der Waals surface area contributed by atoms with Gasteiger partial charge in [0.2, 0.25) is 0 Å². The summed E-state index contributed by atoms with van der Waals surface area (Å²) >= 11 is 0. The highest BCUT2D eigenvalue weighted by molar-refractivity contribution is 5.94. The molecular formula is C12H14N4. The van der Waals surface area contributed by atoms with Crippen LogP contribution >= 0.6 is 0 Å². The highest BCUT2D eigenvalue weighted by Gasteiger charge is 2.23. The van der Waals surface area contributed by atoms with Crippen LogP contribution in [0.4, 0.5) is 0 Å². The third kappa shape index (κ3) is 1.30. The van der Waals surface area contributed by atoms with E-state index >= 15 is 0 Å². The molecule has 1 saturated carbocycles. The van der Waals surface area contributed by atoms with Crippen molar-refractivity contribution in [3.05, 3.63) is 35.9 Å². The SMILES string of the molecule is N=C(N)c1ccc2cnc(C3CCC3)n2c1. The van der Waals surface area contributed by atoms with E-state index in [0.717, 1.165) is 16.9 Å². The van der Waals surface area contributed by atoms with Crippen molar-refractivity contribution in [2.24, 2.45) is 5.73 Å². The Morgan fingerprint density at radius 2 is 2.25 bits per heavy atom. The van der Waals surface area contributed by atoms with Crippen LogP contribution in [0.1, 0.15) is 36.6 Å². The van der Waals surface area contributed by atoms with Gasteiger partial charge in [0.25, 0.3) is 0 Å². The maximum absolute atomic E-state index is 7.44. The van der Waals surface area contributed by atoms with Gasteiger partial charge in [-0.15, -0.1) is 0 Å². The van der Waals surface area contributed by atoms with Gasteiger partial charge in [0, 0.05) is 17.7 Å². The van der Waals surface area contributed by atoms with Crippen LogP contribution in [0.25, 0.3) is 5.52 Å². The Morgan fingerprint density at radius 3 is 2.88 bits per heavy atom. The summed E-state index contributed by atoms with van der Waals surface area (Å²) in [6.07, 6.45) is 7.55. The molecule has 0 unspecified atom stereocenters. The molecule has 0 atom stereocenters. The van der Waals surface area contributed by atoms with E-state index in [-0.39, 0.29) is 5.84 Å². The van der Waals surface area contributed by atoms with Gasteiger partial charge >= 0.3 is 0 Å². The molecule has 3 N–H and O–H groups in total. The lowest BCUT2D eigenvalue weighted by atomic mass is 9.85. The molecule has 0 spiro atoms. The maximum atomic E-state index is 7.44. The van der Waals surface area contributed by atoms with Gasteiger partial charge in [0.1, 0.15) is 11.7 Å². The van der Waals surface area contributed by atoms with E-state index in [4.69, 9.17) is 11.1 Å². The van der Waals surface area contributed by atoms with Crippen LogP contribution in [0.15, 0.2) is 24.5 Å². The van der Waals surface area contributed by atoms with Gasteiger partial charge in [-0.3, -0.25) is 5.41 Å². The van der Waals surface area contributed by atoms with Gasteiger partial charge in [-0.2, -0.15) is 0 Å². The summed E-state index contributed by atoms with van der Waals surface area (Å²) in [5.41, 5.74) is 7.33. The highest BCUT2D eigenvalue weighted by atomic mass is 15.0. The fourth-order valence-corrected chi connectivity index (χ4v) is 2.14. The first kappa shape index (κ1) is 9.39. The number of fused-ring (bicyclic) bond motifs is 1. The number of hydrogen-bond donors (Lipinski definition) is 2. The van der Waals surface area contributed by atoms with Gasteiger partial charge in [-0.05, 0) is 25.0 Å². The lowest BCUT2D eigenvalue weighted by Crippen LogP contribution is -2.15. The Morgan fingerprint density at radius 1 is 1.44 bits per heavy atom. The van der Waals surface area contributed by atoms with Crippen molar-refractivity contribution in [3.8, 4) is 0 Å². The molecule has 3 rings (SSSR count). The molecular weight excluding hydrogens is 200 g/mol. The summed E-state index contributed by atoms with van der Waals surface area (Å²) in [6.45, 7) is 0. The lowest BCUT2D eigenvalue weighted by Gasteiger charge is -2.24. The summed E-state index contributed by atoms with van der Waals surface area (Å²) in [4.78, 5) is 4.47. The van der Waals surface area contributed by atoms with Crippen LogP contribution in [0.5, 0.6) is 0 Å². The van der Waals surface area contributed by atoms with E-state index in [1.165, 1.54) is 19.3 Å². The van der Waals surface area contributed by atoms with Gasteiger partial charge in [-0.1, -0.05) is 6.42 Å². The van der Waals surface area contributed by atoms with Crippen molar-refractivity contribution in [1.82, 2.24) is 9.38 Å². The summed E-state index contributed by atoms with van der Waals surface area (Å²) in [6, 6.07) is 3.83. The fourth-order valence-electron chi connectivity index (χ4n) is 2.14. The summed E-state index contributed by atoms with van der Waals surface area (Å²) < 4.78 is 2.07.